The maximum absolute atomic E-state index is 9.45. The molecule has 0 saturated carbocycles. The zero-order valence-electron chi connectivity index (χ0n) is 6.46. The summed E-state index contributed by atoms with van der Waals surface area (Å²) in [6.45, 7) is 3.23. The fourth-order valence-electron chi connectivity index (χ4n) is 0.670. The van der Waals surface area contributed by atoms with Gasteiger partial charge in [-0.15, -0.1) is 6.42 Å². The van der Waals surface area contributed by atoms with Gasteiger partial charge in [0.05, 0.1) is 0 Å². The molecule has 3 heteroatoms. The monoisotopic (exact) mass is 151 g/mol. The minimum absolute atomic E-state index is 0.373. The summed E-state index contributed by atoms with van der Waals surface area (Å²) in [5.74, 6) is 2.84. The second-order valence-electron chi connectivity index (χ2n) is 2.54. The van der Waals surface area contributed by atoms with E-state index in [0.29, 0.717) is 11.5 Å². The average Bonchev–Trinajstić information content (AvgIpc) is 2.36. The van der Waals surface area contributed by atoms with E-state index in [2.05, 4.69) is 11.1 Å². The largest absolute Gasteiger partial charge is 0.372 e. The predicted molar refractivity (Wildman–Crippen MR) is 39.6 cm³/mol. The molecule has 0 saturated heterocycles. The Bertz CT molecular complexity index is 293. The average molecular weight is 151 g/mol. The molecule has 0 fully saturated rings. The van der Waals surface area contributed by atoms with Crippen LogP contribution >= 0.6 is 0 Å². The van der Waals surface area contributed by atoms with Crippen molar-refractivity contribution in [2.45, 2.75) is 19.4 Å². The smallest absolute Gasteiger partial charge is 0.168 e. The first-order valence-electron chi connectivity index (χ1n) is 3.20. The maximum atomic E-state index is 9.45. The standard InChI is InChI=1S/C8H9NO2/c1-4-8(3,10)7-5-6(2)11-9-7/h1,5,10H,2-3H3/t8-/m0/s1. The zero-order chi connectivity index (χ0) is 8.48. The molecular weight excluding hydrogens is 142 g/mol. The number of aryl methyl sites for hydroxylation is 1. The third-order valence-corrected chi connectivity index (χ3v) is 1.41. The lowest BCUT2D eigenvalue weighted by molar-refractivity contribution is 0.113. The van der Waals surface area contributed by atoms with Crippen LogP contribution in [0.3, 0.4) is 0 Å². The second kappa shape index (κ2) is 2.40. The van der Waals surface area contributed by atoms with Crippen molar-refractivity contribution in [2.75, 3.05) is 0 Å². The van der Waals surface area contributed by atoms with Gasteiger partial charge in [-0.25, -0.2) is 0 Å². The van der Waals surface area contributed by atoms with E-state index in [1.165, 1.54) is 6.92 Å². The van der Waals surface area contributed by atoms with Crippen LogP contribution in [-0.4, -0.2) is 10.3 Å². The van der Waals surface area contributed by atoms with E-state index in [-0.39, 0.29) is 0 Å². The molecule has 0 radical (unpaired) electrons. The third-order valence-electron chi connectivity index (χ3n) is 1.41. The van der Waals surface area contributed by atoms with Crippen molar-refractivity contribution in [3.63, 3.8) is 0 Å². The van der Waals surface area contributed by atoms with Gasteiger partial charge in [0.15, 0.2) is 5.60 Å². The van der Waals surface area contributed by atoms with Gasteiger partial charge in [0.2, 0.25) is 0 Å². The van der Waals surface area contributed by atoms with Gasteiger partial charge in [-0.3, -0.25) is 0 Å². The molecule has 0 bridgehead atoms. The molecule has 11 heavy (non-hydrogen) atoms. The zero-order valence-corrected chi connectivity index (χ0v) is 6.46. The SMILES string of the molecule is C#C[C@](C)(O)c1cc(C)on1. The summed E-state index contributed by atoms with van der Waals surface area (Å²) in [5.41, 5.74) is -0.949. The number of aromatic nitrogens is 1. The fourth-order valence-corrected chi connectivity index (χ4v) is 0.670. The van der Waals surface area contributed by atoms with Gasteiger partial charge >= 0.3 is 0 Å². The van der Waals surface area contributed by atoms with Crippen LogP contribution in [0.15, 0.2) is 10.6 Å². The van der Waals surface area contributed by atoms with Gasteiger partial charge in [0, 0.05) is 6.07 Å². The molecular formula is C8H9NO2. The molecule has 0 spiro atoms. The molecule has 0 aliphatic heterocycles. The van der Waals surface area contributed by atoms with Crippen LogP contribution in [0.4, 0.5) is 0 Å². The number of aliphatic hydroxyl groups is 1. The molecule has 58 valence electrons. The van der Waals surface area contributed by atoms with E-state index in [9.17, 15) is 5.11 Å². The van der Waals surface area contributed by atoms with Gasteiger partial charge in [-0.2, -0.15) is 0 Å². The Morgan fingerprint density at radius 2 is 2.45 bits per heavy atom. The summed E-state index contributed by atoms with van der Waals surface area (Å²) >= 11 is 0. The summed E-state index contributed by atoms with van der Waals surface area (Å²) in [4.78, 5) is 0. The Morgan fingerprint density at radius 1 is 1.82 bits per heavy atom. The predicted octanol–water partition coefficient (Wildman–Crippen LogP) is 0.824. The second-order valence-corrected chi connectivity index (χ2v) is 2.54. The molecule has 1 aromatic heterocycles. The van der Waals surface area contributed by atoms with Gasteiger partial charge in [-0.1, -0.05) is 11.1 Å². The number of hydrogen-bond acceptors (Lipinski definition) is 3. The van der Waals surface area contributed by atoms with Crippen LogP contribution in [0, 0.1) is 19.3 Å². The van der Waals surface area contributed by atoms with E-state index >= 15 is 0 Å². The first-order valence-corrected chi connectivity index (χ1v) is 3.20. The quantitative estimate of drug-likeness (QED) is 0.604. The number of hydrogen-bond donors (Lipinski definition) is 1. The summed E-state index contributed by atoms with van der Waals surface area (Å²) < 4.78 is 4.75. The lowest BCUT2D eigenvalue weighted by Gasteiger charge is -2.10. The normalized spacial score (nSPS) is 15.5. The van der Waals surface area contributed by atoms with Crippen molar-refractivity contribution in [1.29, 1.82) is 0 Å². The number of rotatable bonds is 1. The number of terminal acetylenes is 1. The maximum Gasteiger partial charge on any atom is 0.168 e. The van der Waals surface area contributed by atoms with Gasteiger partial charge in [0.25, 0.3) is 0 Å². The van der Waals surface area contributed by atoms with Crippen molar-refractivity contribution in [3.05, 3.63) is 17.5 Å². The summed E-state index contributed by atoms with van der Waals surface area (Å²) in [5, 5.41) is 13.0. The molecule has 1 rings (SSSR count). The third kappa shape index (κ3) is 1.41. The molecule has 1 aromatic rings. The van der Waals surface area contributed by atoms with Crippen LogP contribution in [0.2, 0.25) is 0 Å². The van der Waals surface area contributed by atoms with Gasteiger partial charge < -0.3 is 9.63 Å². The Balaban J connectivity index is 3.04. The van der Waals surface area contributed by atoms with Crippen LogP contribution in [0.5, 0.6) is 0 Å². The highest BCUT2D eigenvalue weighted by Crippen LogP contribution is 2.18. The van der Waals surface area contributed by atoms with Crippen LogP contribution in [0.1, 0.15) is 18.4 Å². The Morgan fingerprint density at radius 3 is 2.82 bits per heavy atom. The van der Waals surface area contributed by atoms with Crippen molar-refractivity contribution in [2.24, 2.45) is 0 Å². The molecule has 0 aliphatic rings. The van der Waals surface area contributed by atoms with E-state index < -0.39 is 5.60 Å². The molecule has 3 nitrogen and oxygen atoms in total. The number of nitrogens with zero attached hydrogens (tertiary/aromatic N) is 1. The summed E-state index contributed by atoms with van der Waals surface area (Å²) in [6, 6.07) is 1.61. The van der Waals surface area contributed by atoms with Gasteiger partial charge in [0.1, 0.15) is 11.5 Å². The molecule has 0 unspecified atom stereocenters. The minimum Gasteiger partial charge on any atom is -0.372 e. The van der Waals surface area contributed by atoms with Crippen molar-refractivity contribution in [1.82, 2.24) is 5.16 Å². The molecule has 0 aromatic carbocycles. The lowest BCUT2D eigenvalue weighted by Crippen LogP contribution is -2.18. The van der Waals surface area contributed by atoms with E-state index in [4.69, 9.17) is 10.9 Å². The van der Waals surface area contributed by atoms with Crippen molar-refractivity contribution >= 4 is 0 Å². The van der Waals surface area contributed by atoms with E-state index in [1.54, 1.807) is 13.0 Å². The Hall–Kier alpha value is -1.27. The highest BCUT2D eigenvalue weighted by Gasteiger charge is 2.23. The molecule has 1 atom stereocenters. The fraction of sp³-hybridized carbons (Fsp3) is 0.375. The van der Waals surface area contributed by atoms with Crippen LogP contribution in [0.25, 0.3) is 0 Å². The Kier molecular flexibility index (Phi) is 1.71. The molecule has 0 aliphatic carbocycles. The highest BCUT2D eigenvalue weighted by molar-refractivity contribution is 5.22. The van der Waals surface area contributed by atoms with Crippen molar-refractivity contribution < 1.29 is 9.63 Å². The summed E-state index contributed by atoms with van der Waals surface area (Å²) in [6.07, 6.45) is 5.07. The summed E-state index contributed by atoms with van der Waals surface area (Å²) in [7, 11) is 0. The minimum atomic E-state index is -1.32. The topological polar surface area (TPSA) is 46.3 Å². The molecule has 0 amide bonds. The molecule has 1 heterocycles. The van der Waals surface area contributed by atoms with Crippen LogP contribution in [-0.2, 0) is 5.60 Å². The highest BCUT2D eigenvalue weighted by atomic mass is 16.5. The van der Waals surface area contributed by atoms with Crippen molar-refractivity contribution in [3.8, 4) is 12.3 Å². The Labute approximate surface area is 65.0 Å². The van der Waals surface area contributed by atoms with Gasteiger partial charge in [-0.05, 0) is 13.8 Å². The molecule has 1 N–H and O–H groups in total. The first kappa shape index (κ1) is 7.83. The van der Waals surface area contributed by atoms with E-state index in [0.717, 1.165) is 0 Å². The lowest BCUT2D eigenvalue weighted by atomic mass is 10.0. The first-order chi connectivity index (χ1) is 5.06. The van der Waals surface area contributed by atoms with E-state index in [1.807, 2.05) is 0 Å². The van der Waals surface area contributed by atoms with Crippen LogP contribution < -0.4 is 0 Å².